The number of aliphatic carboxylic acids is 1. The molecule has 0 aromatic heterocycles. The second kappa shape index (κ2) is 5.87. The largest absolute Gasteiger partial charge is 0.492 e. The Kier molecular flexibility index (Phi) is 4.34. The van der Waals surface area contributed by atoms with Crippen LogP contribution in [0.1, 0.15) is 35.3 Å². The molecular formula is C14H18BNO5. The van der Waals surface area contributed by atoms with Crippen LogP contribution in [0.15, 0.2) is 12.1 Å². The number of carbonyl (C=O) groups excluding carboxylic acids is 1. The van der Waals surface area contributed by atoms with Gasteiger partial charge in [-0.15, -0.1) is 0 Å². The molecular weight excluding hydrogens is 273 g/mol. The Balaban J connectivity index is 2.29. The van der Waals surface area contributed by atoms with Crippen LogP contribution < -0.4 is 10.8 Å². The molecule has 1 aliphatic heterocycles. The normalized spacial score (nSPS) is 15.0. The van der Waals surface area contributed by atoms with Gasteiger partial charge in [-0.1, -0.05) is 19.9 Å². The van der Waals surface area contributed by atoms with Crippen LogP contribution in [0.3, 0.4) is 0 Å². The van der Waals surface area contributed by atoms with Crippen LogP contribution in [0.5, 0.6) is 0 Å². The fraction of sp³-hybridized carbons (Fsp3) is 0.429. The van der Waals surface area contributed by atoms with Crippen molar-refractivity contribution in [2.75, 3.05) is 0 Å². The SMILES string of the molecule is Cc1c(C(=O)N[C@@H](C(=O)O)C(C)C)ccc2c1B(O)OC2. The molecule has 1 aromatic carbocycles. The fourth-order valence-corrected chi connectivity index (χ4v) is 2.48. The molecule has 0 unspecified atom stereocenters. The van der Waals surface area contributed by atoms with E-state index in [-0.39, 0.29) is 5.92 Å². The smallest absolute Gasteiger partial charge is 0.480 e. The molecule has 0 aliphatic carbocycles. The van der Waals surface area contributed by atoms with Crippen molar-refractivity contribution < 1.29 is 24.4 Å². The lowest BCUT2D eigenvalue weighted by Gasteiger charge is -2.19. The molecule has 112 valence electrons. The number of hydrogen-bond donors (Lipinski definition) is 3. The van der Waals surface area contributed by atoms with E-state index in [4.69, 9.17) is 9.76 Å². The third-order valence-corrected chi connectivity index (χ3v) is 3.71. The molecule has 0 fully saturated rings. The van der Waals surface area contributed by atoms with Gasteiger partial charge in [0.2, 0.25) is 0 Å². The van der Waals surface area contributed by atoms with Gasteiger partial charge in [0.15, 0.2) is 0 Å². The van der Waals surface area contributed by atoms with Gasteiger partial charge in [0.1, 0.15) is 6.04 Å². The van der Waals surface area contributed by atoms with Crippen LogP contribution in [0.4, 0.5) is 0 Å². The summed E-state index contributed by atoms with van der Waals surface area (Å²) in [5.41, 5.74) is 2.40. The van der Waals surface area contributed by atoms with E-state index in [1.54, 1.807) is 32.9 Å². The van der Waals surface area contributed by atoms with E-state index in [2.05, 4.69) is 5.32 Å². The number of carbonyl (C=O) groups is 2. The van der Waals surface area contributed by atoms with Crippen molar-refractivity contribution in [2.45, 2.75) is 33.4 Å². The zero-order valence-corrected chi connectivity index (χ0v) is 12.2. The van der Waals surface area contributed by atoms with Crippen LogP contribution in [-0.4, -0.2) is 35.2 Å². The average Bonchev–Trinajstić information content (AvgIpc) is 2.77. The maximum atomic E-state index is 12.3. The van der Waals surface area contributed by atoms with Crippen molar-refractivity contribution in [3.8, 4) is 0 Å². The minimum atomic E-state index is -1.07. The van der Waals surface area contributed by atoms with E-state index in [1.807, 2.05) is 0 Å². The number of hydrogen-bond acceptors (Lipinski definition) is 4. The minimum absolute atomic E-state index is 0.227. The fourth-order valence-electron chi connectivity index (χ4n) is 2.48. The van der Waals surface area contributed by atoms with Crippen LogP contribution in [0, 0.1) is 12.8 Å². The molecule has 1 heterocycles. The minimum Gasteiger partial charge on any atom is -0.480 e. The summed E-state index contributed by atoms with van der Waals surface area (Å²) in [5, 5.41) is 21.4. The maximum Gasteiger partial charge on any atom is 0.492 e. The molecule has 0 saturated heterocycles. The summed E-state index contributed by atoms with van der Waals surface area (Å²) in [4.78, 5) is 23.5. The Hall–Kier alpha value is -1.86. The molecule has 0 radical (unpaired) electrons. The van der Waals surface area contributed by atoms with E-state index in [1.165, 1.54) is 0 Å². The molecule has 7 heteroatoms. The number of amides is 1. The molecule has 1 atom stereocenters. The number of benzene rings is 1. The van der Waals surface area contributed by atoms with E-state index in [0.717, 1.165) is 5.56 Å². The van der Waals surface area contributed by atoms with E-state index >= 15 is 0 Å². The third kappa shape index (κ3) is 2.93. The lowest BCUT2D eigenvalue weighted by Crippen LogP contribution is -2.45. The molecule has 0 bridgehead atoms. The highest BCUT2D eigenvalue weighted by Crippen LogP contribution is 2.16. The number of rotatable bonds is 4. The lowest BCUT2D eigenvalue weighted by molar-refractivity contribution is -0.140. The van der Waals surface area contributed by atoms with Gasteiger partial charge in [-0.05, 0) is 35.5 Å². The lowest BCUT2D eigenvalue weighted by atomic mass is 9.75. The first-order chi connectivity index (χ1) is 9.82. The van der Waals surface area contributed by atoms with Crippen molar-refractivity contribution in [1.82, 2.24) is 5.32 Å². The Bertz CT molecular complexity index is 587. The van der Waals surface area contributed by atoms with Crippen molar-refractivity contribution in [1.29, 1.82) is 0 Å². The first kappa shape index (κ1) is 15.5. The Morgan fingerprint density at radius 3 is 2.62 bits per heavy atom. The van der Waals surface area contributed by atoms with Crippen LogP contribution in [0.25, 0.3) is 0 Å². The van der Waals surface area contributed by atoms with E-state index < -0.39 is 25.0 Å². The summed E-state index contributed by atoms with van der Waals surface area (Å²) in [5.74, 6) is -1.76. The Morgan fingerprint density at radius 2 is 2.05 bits per heavy atom. The van der Waals surface area contributed by atoms with E-state index in [0.29, 0.717) is 23.2 Å². The predicted molar refractivity (Wildman–Crippen MR) is 77.3 cm³/mol. The van der Waals surface area contributed by atoms with Gasteiger partial charge < -0.3 is 20.1 Å². The first-order valence-corrected chi connectivity index (χ1v) is 6.78. The van der Waals surface area contributed by atoms with Crippen molar-refractivity contribution in [3.05, 3.63) is 28.8 Å². The zero-order valence-electron chi connectivity index (χ0n) is 12.2. The van der Waals surface area contributed by atoms with Gasteiger partial charge in [-0.3, -0.25) is 4.79 Å². The molecule has 1 aliphatic rings. The number of carboxylic acids is 1. The molecule has 21 heavy (non-hydrogen) atoms. The summed E-state index contributed by atoms with van der Waals surface area (Å²) in [7, 11) is -1.03. The summed E-state index contributed by atoms with van der Waals surface area (Å²) in [6.07, 6.45) is 0. The second-order valence-electron chi connectivity index (χ2n) is 5.51. The molecule has 1 amide bonds. The molecule has 3 N–H and O–H groups in total. The number of nitrogens with one attached hydrogen (secondary N) is 1. The number of fused-ring (bicyclic) bond motifs is 1. The predicted octanol–water partition coefficient (Wildman–Crippen LogP) is 0.0517. The summed E-state index contributed by atoms with van der Waals surface area (Å²) in [6, 6.07) is 2.40. The van der Waals surface area contributed by atoms with Crippen molar-refractivity contribution in [3.63, 3.8) is 0 Å². The van der Waals surface area contributed by atoms with Crippen LogP contribution in [-0.2, 0) is 16.1 Å². The zero-order chi connectivity index (χ0) is 15.7. The molecule has 0 saturated carbocycles. The second-order valence-corrected chi connectivity index (χ2v) is 5.51. The molecule has 6 nitrogen and oxygen atoms in total. The van der Waals surface area contributed by atoms with Crippen molar-refractivity contribution >= 4 is 24.5 Å². The monoisotopic (exact) mass is 291 g/mol. The standard InChI is InChI=1S/C14H18BNO5/c1-7(2)12(14(18)19)16-13(17)10-5-4-9-6-21-15(20)11(9)8(10)3/h4-5,7,12,20H,6H2,1-3H3,(H,16,17)(H,18,19)/t12-/m1/s1. The first-order valence-electron chi connectivity index (χ1n) is 6.78. The van der Waals surface area contributed by atoms with Gasteiger partial charge in [-0.2, -0.15) is 0 Å². The van der Waals surface area contributed by atoms with Crippen LogP contribution in [0.2, 0.25) is 0 Å². The maximum absolute atomic E-state index is 12.3. The highest BCUT2D eigenvalue weighted by atomic mass is 16.5. The highest BCUT2D eigenvalue weighted by Gasteiger charge is 2.32. The van der Waals surface area contributed by atoms with Gasteiger partial charge in [-0.25, -0.2) is 4.79 Å². The summed E-state index contributed by atoms with van der Waals surface area (Å²) < 4.78 is 5.13. The topological polar surface area (TPSA) is 95.9 Å². The van der Waals surface area contributed by atoms with Gasteiger partial charge in [0.25, 0.3) is 5.91 Å². The third-order valence-electron chi connectivity index (χ3n) is 3.71. The average molecular weight is 291 g/mol. The van der Waals surface area contributed by atoms with Gasteiger partial charge in [0.05, 0.1) is 6.61 Å². The number of carboxylic acid groups (broad SMARTS) is 1. The highest BCUT2D eigenvalue weighted by molar-refractivity contribution is 6.62. The van der Waals surface area contributed by atoms with E-state index in [9.17, 15) is 14.6 Å². The Morgan fingerprint density at radius 1 is 1.38 bits per heavy atom. The molecule has 1 aromatic rings. The van der Waals surface area contributed by atoms with Crippen molar-refractivity contribution in [2.24, 2.45) is 5.92 Å². The summed E-state index contributed by atoms with van der Waals surface area (Å²) >= 11 is 0. The molecule has 2 rings (SSSR count). The van der Waals surface area contributed by atoms with Gasteiger partial charge >= 0.3 is 13.1 Å². The van der Waals surface area contributed by atoms with Gasteiger partial charge in [0, 0.05) is 5.56 Å². The quantitative estimate of drug-likeness (QED) is 0.681. The summed E-state index contributed by atoms with van der Waals surface area (Å²) in [6.45, 7) is 5.48. The van der Waals surface area contributed by atoms with Crippen LogP contribution >= 0.6 is 0 Å². The Labute approximate surface area is 123 Å². The molecule has 0 spiro atoms.